The first-order valence-electron chi connectivity index (χ1n) is 9.76. The van der Waals surface area contributed by atoms with Crippen molar-refractivity contribution in [3.05, 3.63) is 35.5 Å². The Balaban J connectivity index is 0.00000180. The van der Waals surface area contributed by atoms with Crippen LogP contribution >= 0.6 is 0 Å². The molecular formula is C21H26ClN2O3-. The second kappa shape index (κ2) is 7.12. The zero-order valence-electron chi connectivity index (χ0n) is 15.5. The monoisotopic (exact) mass is 389 g/mol. The second-order valence-corrected chi connectivity index (χ2v) is 8.18. The molecule has 146 valence electrons. The molecule has 3 heterocycles. The van der Waals surface area contributed by atoms with Gasteiger partial charge in [0.15, 0.2) is 0 Å². The number of carbonyl (C=O) groups is 1. The van der Waals surface area contributed by atoms with Gasteiger partial charge in [-0.05, 0) is 49.1 Å². The maximum Gasteiger partial charge on any atom is 0.311 e. The van der Waals surface area contributed by atoms with E-state index in [1.54, 1.807) is 0 Å². The molecule has 3 aliphatic rings. The van der Waals surface area contributed by atoms with Crippen LogP contribution in [-0.2, 0) is 16.0 Å². The number of aromatic amines is 1. The third-order valence-corrected chi connectivity index (χ3v) is 7.02. The first kappa shape index (κ1) is 18.8. The van der Waals surface area contributed by atoms with Crippen LogP contribution in [0.4, 0.5) is 0 Å². The number of hydrogen-bond acceptors (Lipinski definition) is 4. The van der Waals surface area contributed by atoms with E-state index in [-0.39, 0.29) is 30.2 Å². The number of halogens is 1. The van der Waals surface area contributed by atoms with Crippen LogP contribution in [-0.4, -0.2) is 47.3 Å². The number of benzene rings is 1. The molecule has 27 heavy (non-hydrogen) atoms. The van der Waals surface area contributed by atoms with Crippen LogP contribution in [0.2, 0.25) is 0 Å². The number of rotatable bonds is 1. The Morgan fingerprint density at radius 1 is 1.30 bits per heavy atom. The van der Waals surface area contributed by atoms with E-state index in [0.29, 0.717) is 18.4 Å². The highest BCUT2D eigenvalue weighted by Gasteiger charge is 2.49. The van der Waals surface area contributed by atoms with Gasteiger partial charge in [-0.15, -0.1) is 0 Å². The van der Waals surface area contributed by atoms with Gasteiger partial charge in [-0.25, -0.2) is 0 Å². The van der Waals surface area contributed by atoms with Crippen molar-refractivity contribution in [2.75, 3.05) is 20.2 Å². The minimum atomic E-state index is -0.568. The predicted molar refractivity (Wildman–Crippen MR) is 98.7 cm³/mol. The van der Waals surface area contributed by atoms with Crippen LogP contribution in [0.25, 0.3) is 10.9 Å². The topological polar surface area (TPSA) is 65.6 Å². The average molecular weight is 390 g/mol. The van der Waals surface area contributed by atoms with Crippen LogP contribution in [0.3, 0.4) is 0 Å². The number of ether oxygens (including phenoxy) is 1. The van der Waals surface area contributed by atoms with Crippen molar-refractivity contribution < 1.29 is 27.0 Å². The van der Waals surface area contributed by atoms with Gasteiger partial charge in [0.25, 0.3) is 0 Å². The van der Waals surface area contributed by atoms with Crippen LogP contribution in [0.5, 0.6) is 0 Å². The van der Waals surface area contributed by atoms with E-state index in [1.165, 1.54) is 29.3 Å². The summed E-state index contributed by atoms with van der Waals surface area (Å²) in [6.45, 7) is 2.10. The maximum atomic E-state index is 12.4. The van der Waals surface area contributed by atoms with Gasteiger partial charge in [0.2, 0.25) is 0 Å². The number of piperidine rings is 1. The molecular weight excluding hydrogens is 364 g/mol. The summed E-state index contributed by atoms with van der Waals surface area (Å²) < 4.78 is 5.04. The molecule has 2 fully saturated rings. The zero-order chi connectivity index (χ0) is 17.8. The van der Waals surface area contributed by atoms with Gasteiger partial charge in [0, 0.05) is 29.7 Å². The van der Waals surface area contributed by atoms with Gasteiger partial charge < -0.3 is 27.2 Å². The molecule has 1 aromatic heterocycles. The molecule has 0 spiro atoms. The fourth-order valence-electron chi connectivity index (χ4n) is 5.80. The van der Waals surface area contributed by atoms with Crippen LogP contribution in [0.1, 0.15) is 36.6 Å². The number of methoxy groups -OCH3 is 1. The summed E-state index contributed by atoms with van der Waals surface area (Å²) in [5.74, 6) is 0.0541. The quantitative estimate of drug-likeness (QED) is 0.654. The van der Waals surface area contributed by atoms with Gasteiger partial charge in [-0.1, -0.05) is 18.2 Å². The van der Waals surface area contributed by atoms with Gasteiger partial charge in [0.05, 0.1) is 25.2 Å². The van der Waals surface area contributed by atoms with Gasteiger partial charge in [0.1, 0.15) is 0 Å². The van der Waals surface area contributed by atoms with Crippen molar-refractivity contribution in [1.82, 2.24) is 9.88 Å². The Kier molecular flexibility index (Phi) is 4.95. The largest absolute Gasteiger partial charge is 1.00 e. The lowest BCUT2D eigenvalue weighted by Crippen LogP contribution is -3.00. The van der Waals surface area contributed by atoms with E-state index in [9.17, 15) is 9.90 Å². The minimum absolute atomic E-state index is 0. The third-order valence-electron chi connectivity index (χ3n) is 7.02. The Morgan fingerprint density at radius 2 is 2.11 bits per heavy atom. The Bertz CT molecular complexity index is 851. The van der Waals surface area contributed by atoms with Gasteiger partial charge >= 0.3 is 5.97 Å². The number of carbonyl (C=O) groups excluding carboxylic acids is 1. The van der Waals surface area contributed by atoms with Crippen LogP contribution < -0.4 is 12.4 Å². The lowest BCUT2D eigenvalue weighted by molar-refractivity contribution is -0.160. The van der Waals surface area contributed by atoms with E-state index >= 15 is 0 Å². The first-order chi connectivity index (χ1) is 12.7. The van der Waals surface area contributed by atoms with E-state index in [2.05, 4.69) is 34.1 Å². The van der Waals surface area contributed by atoms with E-state index in [0.717, 1.165) is 32.4 Å². The lowest BCUT2D eigenvalue weighted by Gasteiger charge is -2.50. The third kappa shape index (κ3) is 2.87. The molecule has 2 aromatic rings. The fourth-order valence-corrected chi connectivity index (χ4v) is 5.80. The highest BCUT2D eigenvalue weighted by molar-refractivity contribution is 5.85. The Hall–Kier alpha value is -1.56. The number of aliphatic hydroxyl groups is 1. The van der Waals surface area contributed by atoms with Crippen LogP contribution in [0, 0.1) is 17.8 Å². The summed E-state index contributed by atoms with van der Waals surface area (Å²) in [4.78, 5) is 18.6. The molecule has 5 nitrogen and oxygen atoms in total. The SMILES string of the molecule is COC(=O)[C@@H]1[C@H]2C[C@H]3c4[nH]c5ccccc5c4CCN3C[C@@H]2CC[C@@H]1O.[Cl-]. The standard InChI is InChI=1S/C21H26N2O3.ClH/c1-26-21(25)19-15-10-17-20-14(13-4-2-3-5-16(13)22-20)8-9-23(17)11-12(15)6-7-18(19)24;/h2-5,12,15,17-19,22,24H,6-11H2,1H3;1H/p-1/t12-,15-,17-,18-,19+;/m0./s1. The van der Waals surface area contributed by atoms with Crippen molar-refractivity contribution in [3.63, 3.8) is 0 Å². The smallest absolute Gasteiger partial charge is 0.311 e. The normalized spacial score (nSPS) is 32.7. The fraction of sp³-hybridized carbons (Fsp3) is 0.571. The number of aromatic nitrogens is 1. The minimum Gasteiger partial charge on any atom is -1.00 e. The molecule has 1 saturated heterocycles. The molecule has 1 aromatic carbocycles. The second-order valence-electron chi connectivity index (χ2n) is 8.18. The highest BCUT2D eigenvalue weighted by Crippen LogP contribution is 2.49. The van der Waals surface area contributed by atoms with E-state index in [4.69, 9.17) is 4.74 Å². The van der Waals surface area contributed by atoms with Gasteiger partial charge in [-0.3, -0.25) is 9.69 Å². The number of H-pyrrole nitrogens is 1. The molecule has 0 bridgehead atoms. The van der Waals surface area contributed by atoms with Crippen molar-refractivity contribution in [2.45, 2.75) is 37.8 Å². The molecule has 0 amide bonds. The van der Waals surface area contributed by atoms with Gasteiger partial charge in [-0.2, -0.15) is 0 Å². The molecule has 1 saturated carbocycles. The molecule has 2 N–H and O–H groups in total. The predicted octanol–water partition coefficient (Wildman–Crippen LogP) is -0.349. The van der Waals surface area contributed by atoms with Crippen LogP contribution in [0.15, 0.2) is 24.3 Å². The molecule has 5 atom stereocenters. The number of nitrogens with zero attached hydrogens (tertiary/aromatic N) is 1. The lowest BCUT2D eigenvalue weighted by atomic mass is 9.65. The van der Waals surface area contributed by atoms with E-state index in [1.807, 2.05) is 0 Å². The maximum absolute atomic E-state index is 12.4. The molecule has 1 aliphatic carbocycles. The van der Waals surface area contributed by atoms with Crippen molar-refractivity contribution in [2.24, 2.45) is 17.8 Å². The summed E-state index contributed by atoms with van der Waals surface area (Å²) in [5.41, 5.74) is 3.96. The molecule has 5 rings (SSSR count). The molecule has 2 aliphatic heterocycles. The molecule has 0 unspecified atom stereocenters. The molecule has 6 heteroatoms. The van der Waals surface area contributed by atoms with Crippen molar-refractivity contribution >= 4 is 16.9 Å². The zero-order valence-corrected chi connectivity index (χ0v) is 16.3. The summed E-state index contributed by atoms with van der Waals surface area (Å²) >= 11 is 0. The summed E-state index contributed by atoms with van der Waals surface area (Å²) in [7, 11) is 1.43. The highest BCUT2D eigenvalue weighted by atomic mass is 35.5. The number of esters is 1. The Morgan fingerprint density at radius 3 is 2.93 bits per heavy atom. The first-order valence-corrected chi connectivity index (χ1v) is 9.76. The molecule has 0 radical (unpaired) electrons. The van der Waals surface area contributed by atoms with Crippen molar-refractivity contribution in [1.29, 1.82) is 0 Å². The average Bonchev–Trinajstić information content (AvgIpc) is 3.05. The number of hydrogen-bond donors (Lipinski definition) is 2. The summed E-state index contributed by atoms with van der Waals surface area (Å²) in [6.07, 6.45) is 3.14. The number of aliphatic hydroxyl groups excluding tert-OH is 1. The van der Waals surface area contributed by atoms with Crippen molar-refractivity contribution in [3.8, 4) is 0 Å². The van der Waals surface area contributed by atoms with E-state index < -0.39 is 6.10 Å². The summed E-state index contributed by atoms with van der Waals surface area (Å²) in [6, 6.07) is 8.83. The Labute approximate surface area is 165 Å². The number of nitrogens with one attached hydrogen (secondary N) is 1. The number of para-hydroxylation sites is 1. The summed E-state index contributed by atoms with van der Waals surface area (Å²) in [5, 5.41) is 11.8. The number of fused-ring (bicyclic) bond motifs is 6.